The van der Waals surface area contributed by atoms with E-state index in [1.54, 1.807) is 13.2 Å². The van der Waals surface area contributed by atoms with Crippen molar-refractivity contribution in [3.63, 3.8) is 0 Å². The van der Waals surface area contributed by atoms with Crippen LogP contribution in [-0.2, 0) is 0 Å². The lowest BCUT2D eigenvalue weighted by atomic mass is 10.2. The van der Waals surface area contributed by atoms with Gasteiger partial charge in [-0.25, -0.2) is 0 Å². The Morgan fingerprint density at radius 3 is 2.75 bits per heavy atom. The molecule has 0 fully saturated rings. The lowest BCUT2D eigenvalue weighted by Crippen LogP contribution is -1.98. The molecule has 0 spiro atoms. The molecule has 2 rings (SSSR count). The molecule has 2 aromatic rings. The molecule has 0 atom stereocenters. The minimum Gasteiger partial charge on any atom is -0.496 e. The predicted octanol–water partition coefficient (Wildman–Crippen LogP) is 2.61. The van der Waals surface area contributed by atoms with E-state index in [2.05, 4.69) is 0 Å². The van der Waals surface area contributed by atoms with Gasteiger partial charge >= 0.3 is 0 Å². The first-order valence-corrected chi connectivity index (χ1v) is 5.04. The summed E-state index contributed by atoms with van der Waals surface area (Å²) >= 11 is 0. The molecule has 16 heavy (non-hydrogen) atoms. The first-order chi connectivity index (χ1) is 7.76. The molecule has 0 bridgehead atoms. The molecule has 3 heteroatoms. The summed E-state index contributed by atoms with van der Waals surface area (Å²) in [6.07, 6.45) is 2.71. The van der Waals surface area contributed by atoms with Crippen LogP contribution < -0.4 is 4.74 Å². The van der Waals surface area contributed by atoms with Crippen molar-refractivity contribution in [2.45, 2.75) is 6.92 Å². The van der Waals surface area contributed by atoms with E-state index in [4.69, 9.17) is 4.74 Å². The summed E-state index contributed by atoms with van der Waals surface area (Å²) in [5, 5.41) is 0. The minimum absolute atomic E-state index is 0.643. The van der Waals surface area contributed by atoms with Gasteiger partial charge in [-0.05, 0) is 42.8 Å². The fraction of sp³-hybridized carbons (Fsp3) is 0.154. The molecule has 3 nitrogen and oxygen atoms in total. The van der Waals surface area contributed by atoms with E-state index in [0.29, 0.717) is 5.69 Å². The monoisotopic (exact) mass is 215 g/mol. The summed E-state index contributed by atoms with van der Waals surface area (Å²) in [6, 6.07) is 9.46. The third kappa shape index (κ3) is 1.72. The van der Waals surface area contributed by atoms with Crippen molar-refractivity contribution in [2.75, 3.05) is 7.11 Å². The third-order valence-electron chi connectivity index (χ3n) is 2.56. The zero-order chi connectivity index (χ0) is 11.5. The van der Waals surface area contributed by atoms with Crippen LogP contribution in [0.4, 0.5) is 0 Å². The second kappa shape index (κ2) is 4.23. The number of ether oxygens (including phenoxy) is 1. The number of benzene rings is 1. The molecule has 0 unspecified atom stereocenters. The molecule has 1 aromatic carbocycles. The van der Waals surface area contributed by atoms with Gasteiger partial charge in [0.05, 0.1) is 12.8 Å². The maximum Gasteiger partial charge on any atom is 0.166 e. The van der Waals surface area contributed by atoms with Gasteiger partial charge in [0.15, 0.2) is 6.29 Å². The Bertz CT molecular complexity index is 514. The van der Waals surface area contributed by atoms with Crippen LogP contribution in [-0.4, -0.2) is 18.0 Å². The van der Waals surface area contributed by atoms with E-state index in [1.165, 1.54) is 0 Å². The molecule has 0 saturated carbocycles. The quantitative estimate of drug-likeness (QED) is 0.737. The van der Waals surface area contributed by atoms with Gasteiger partial charge in [-0.3, -0.25) is 4.79 Å². The van der Waals surface area contributed by atoms with Crippen LogP contribution in [0.2, 0.25) is 0 Å². The minimum atomic E-state index is 0.643. The second-order valence-corrected chi connectivity index (χ2v) is 3.57. The van der Waals surface area contributed by atoms with Crippen LogP contribution >= 0.6 is 0 Å². The van der Waals surface area contributed by atoms with Gasteiger partial charge in [0.1, 0.15) is 5.75 Å². The summed E-state index contributed by atoms with van der Waals surface area (Å²) in [6.45, 7) is 1.98. The summed E-state index contributed by atoms with van der Waals surface area (Å²) < 4.78 is 7.04. The molecule has 0 aliphatic rings. The van der Waals surface area contributed by atoms with E-state index in [9.17, 15) is 4.79 Å². The van der Waals surface area contributed by atoms with Gasteiger partial charge < -0.3 is 9.30 Å². The summed E-state index contributed by atoms with van der Waals surface area (Å²) in [5.41, 5.74) is 2.65. The van der Waals surface area contributed by atoms with Gasteiger partial charge in [0.2, 0.25) is 0 Å². The molecule has 0 saturated heterocycles. The van der Waals surface area contributed by atoms with E-state index >= 15 is 0 Å². The number of aryl methyl sites for hydroxylation is 1. The van der Waals surface area contributed by atoms with Gasteiger partial charge in [0.25, 0.3) is 0 Å². The number of hydrogen-bond acceptors (Lipinski definition) is 2. The maximum absolute atomic E-state index is 10.8. The number of hydrogen-bond donors (Lipinski definition) is 0. The first-order valence-electron chi connectivity index (χ1n) is 5.04. The highest BCUT2D eigenvalue weighted by molar-refractivity contribution is 5.73. The highest BCUT2D eigenvalue weighted by atomic mass is 16.5. The smallest absolute Gasteiger partial charge is 0.166 e. The van der Waals surface area contributed by atoms with E-state index in [0.717, 1.165) is 23.3 Å². The average molecular weight is 215 g/mol. The summed E-state index contributed by atoms with van der Waals surface area (Å²) in [7, 11) is 1.65. The number of carbonyl (C=O) groups is 1. The third-order valence-corrected chi connectivity index (χ3v) is 2.56. The normalized spacial score (nSPS) is 10.1. The molecule has 1 heterocycles. The average Bonchev–Trinajstić information content (AvgIpc) is 2.77. The fourth-order valence-corrected chi connectivity index (χ4v) is 1.74. The van der Waals surface area contributed by atoms with Crippen LogP contribution in [0.1, 0.15) is 16.1 Å². The lowest BCUT2D eigenvalue weighted by molar-refractivity contribution is 0.111. The molecule has 1 aromatic heterocycles. The van der Waals surface area contributed by atoms with E-state index in [-0.39, 0.29) is 0 Å². The Hall–Kier alpha value is -2.03. The fourth-order valence-electron chi connectivity index (χ4n) is 1.74. The van der Waals surface area contributed by atoms with Crippen LogP contribution in [0.5, 0.6) is 5.75 Å². The summed E-state index contributed by atoms with van der Waals surface area (Å²) in [5.74, 6) is 0.851. The van der Waals surface area contributed by atoms with Gasteiger partial charge in [0, 0.05) is 11.9 Å². The number of nitrogens with zero attached hydrogens (tertiary/aromatic N) is 1. The predicted molar refractivity (Wildman–Crippen MR) is 62.4 cm³/mol. The second-order valence-electron chi connectivity index (χ2n) is 3.57. The number of carbonyl (C=O) groups excluding carboxylic acids is 1. The Morgan fingerprint density at radius 1 is 1.31 bits per heavy atom. The SMILES string of the molecule is COc1ccc(-n2cccc2C=O)cc1C. The Morgan fingerprint density at radius 2 is 2.12 bits per heavy atom. The number of aldehydes is 1. The maximum atomic E-state index is 10.8. The zero-order valence-corrected chi connectivity index (χ0v) is 9.31. The van der Waals surface area contributed by atoms with E-state index < -0.39 is 0 Å². The van der Waals surface area contributed by atoms with E-state index in [1.807, 2.05) is 42.0 Å². The van der Waals surface area contributed by atoms with Crippen molar-refractivity contribution in [1.29, 1.82) is 0 Å². The van der Waals surface area contributed by atoms with Gasteiger partial charge in [-0.1, -0.05) is 0 Å². The first kappa shape index (κ1) is 10.5. The Labute approximate surface area is 94.3 Å². The standard InChI is InChI=1S/C13H13NO2/c1-10-8-11(5-6-13(10)16-2)14-7-3-4-12(14)9-15/h3-9H,1-2H3. The molecule has 0 aliphatic carbocycles. The molecule has 82 valence electrons. The highest BCUT2D eigenvalue weighted by Gasteiger charge is 2.04. The number of rotatable bonds is 3. The lowest BCUT2D eigenvalue weighted by Gasteiger charge is -2.09. The molecule has 0 N–H and O–H groups in total. The Balaban J connectivity index is 2.49. The van der Waals surface area contributed by atoms with Crippen LogP contribution in [0.25, 0.3) is 5.69 Å². The van der Waals surface area contributed by atoms with Crippen LogP contribution in [0.3, 0.4) is 0 Å². The molecular formula is C13H13NO2. The van der Waals surface area contributed by atoms with Crippen molar-refractivity contribution in [1.82, 2.24) is 4.57 Å². The number of aromatic nitrogens is 1. The van der Waals surface area contributed by atoms with Crippen molar-refractivity contribution < 1.29 is 9.53 Å². The van der Waals surface area contributed by atoms with Crippen LogP contribution in [0.15, 0.2) is 36.5 Å². The molecule has 0 aliphatic heterocycles. The topological polar surface area (TPSA) is 31.2 Å². The molecule has 0 amide bonds. The Kier molecular flexibility index (Phi) is 2.77. The van der Waals surface area contributed by atoms with Gasteiger partial charge in [-0.15, -0.1) is 0 Å². The number of methoxy groups -OCH3 is 1. The largest absolute Gasteiger partial charge is 0.496 e. The highest BCUT2D eigenvalue weighted by Crippen LogP contribution is 2.21. The van der Waals surface area contributed by atoms with Crippen molar-refractivity contribution in [2.24, 2.45) is 0 Å². The molecule has 0 radical (unpaired) electrons. The molecular weight excluding hydrogens is 202 g/mol. The van der Waals surface area contributed by atoms with Crippen molar-refractivity contribution in [3.05, 3.63) is 47.8 Å². The van der Waals surface area contributed by atoms with Crippen molar-refractivity contribution in [3.8, 4) is 11.4 Å². The zero-order valence-electron chi connectivity index (χ0n) is 9.31. The van der Waals surface area contributed by atoms with Crippen LogP contribution in [0, 0.1) is 6.92 Å². The van der Waals surface area contributed by atoms with Gasteiger partial charge in [-0.2, -0.15) is 0 Å². The summed E-state index contributed by atoms with van der Waals surface area (Å²) in [4.78, 5) is 10.8. The van der Waals surface area contributed by atoms with Crippen molar-refractivity contribution >= 4 is 6.29 Å².